The van der Waals surface area contributed by atoms with Crippen LogP contribution in [0.1, 0.15) is 24.8 Å². The SMILES string of the molecule is O=C1CCCNC(=Cc2ccccc2)C1. The predicted octanol–water partition coefficient (Wildman–Crippen LogP) is 2.37. The van der Waals surface area contributed by atoms with Crippen molar-refractivity contribution in [3.8, 4) is 0 Å². The van der Waals surface area contributed by atoms with Gasteiger partial charge in [-0.3, -0.25) is 4.79 Å². The first-order valence-corrected chi connectivity index (χ1v) is 5.36. The lowest BCUT2D eigenvalue weighted by molar-refractivity contribution is -0.118. The van der Waals surface area contributed by atoms with Crippen LogP contribution in [0.4, 0.5) is 0 Å². The average molecular weight is 201 g/mol. The predicted molar refractivity (Wildman–Crippen MR) is 61.3 cm³/mol. The van der Waals surface area contributed by atoms with E-state index in [-0.39, 0.29) is 0 Å². The minimum absolute atomic E-state index is 0.335. The number of rotatable bonds is 1. The maximum Gasteiger partial charge on any atom is 0.138 e. The van der Waals surface area contributed by atoms with Gasteiger partial charge in [-0.2, -0.15) is 0 Å². The molecule has 1 aromatic rings. The lowest BCUT2D eigenvalue weighted by Gasteiger charge is -2.05. The van der Waals surface area contributed by atoms with Gasteiger partial charge >= 0.3 is 0 Å². The molecular weight excluding hydrogens is 186 g/mol. The maximum absolute atomic E-state index is 11.4. The first-order valence-electron chi connectivity index (χ1n) is 5.36. The number of nitrogens with one attached hydrogen (secondary N) is 1. The highest BCUT2D eigenvalue weighted by Gasteiger charge is 2.10. The van der Waals surface area contributed by atoms with Gasteiger partial charge in [-0.15, -0.1) is 0 Å². The van der Waals surface area contributed by atoms with Gasteiger partial charge in [0.25, 0.3) is 0 Å². The molecule has 78 valence electrons. The monoisotopic (exact) mass is 201 g/mol. The van der Waals surface area contributed by atoms with Crippen LogP contribution >= 0.6 is 0 Å². The van der Waals surface area contributed by atoms with Gasteiger partial charge < -0.3 is 5.32 Å². The quantitative estimate of drug-likeness (QED) is 0.755. The zero-order chi connectivity index (χ0) is 10.5. The Morgan fingerprint density at radius 2 is 2.00 bits per heavy atom. The van der Waals surface area contributed by atoms with Crippen molar-refractivity contribution in [2.24, 2.45) is 0 Å². The molecule has 2 nitrogen and oxygen atoms in total. The molecule has 1 saturated heterocycles. The van der Waals surface area contributed by atoms with Crippen molar-refractivity contribution in [1.82, 2.24) is 5.32 Å². The molecule has 2 heteroatoms. The molecule has 1 aromatic carbocycles. The van der Waals surface area contributed by atoms with Crippen molar-refractivity contribution in [3.05, 3.63) is 41.6 Å². The van der Waals surface area contributed by atoms with Crippen LogP contribution in [0.3, 0.4) is 0 Å². The Morgan fingerprint density at radius 1 is 1.20 bits per heavy atom. The van der Waals surface area contributed by atoms with E-state index in [0.29, 0.717) is 18.6 Å². The lowest BCUT2D eigenvalue weighted by Crippen LogP contribution is -2.12. The summed E-state index contributed by atoms with van der Waals surface area (Å²) in [5.74, 6) is 0.335. The smallest absolute Gasteiger partial charge is 0.138 e. The Hall–Kier alpha value is -1.57. The van der Waals surface area contributed by atoms with Crippen LogP contribution in [0.2, 0.25) is 0 Å². The summed E-state index contributed by atoms with van der Waals surface area (Å²) in [6, 6.07) is 10.1. The summed E-state index contributed by atoms with van der Waals surface area (Å²) in [4.78, 5) is 11.4. The molecule has 0 amide bonds. The number of benzene rings is 1. The van der Waals surface area contributed by atoms with Crippen LogP contribution in [0.5, 0.6) is 0 Å². The second-order valence-electron chi connectivity index (χ2n) is 3.83. The van der Waals surface area contributed by atoms with Crippen molar-refractivity contribution in [3.63, 3.8) is 0 Å². The Bertz CT molecular complexity index is 367. The van der Waals surface area contributed by atoms with Gasteiger partial charge in [0.15, 0.2) is 0 Å². The van der Waals surface area contributed by atoms with Gasteiger partial charge in [0.1, 0.15) is 5.78 Å². The Labute approximate surface area is 90.0 Å². The number of hydrogen-bond donors (Lipinski definition) is 1. The molecule has 0 aromatic heterocycles. The summed E-state index contributed by atoms with van der Waals surface area (Å²) in [6.45, 7) is 0.907. The summed E-state index contributed by atoms with van der Waals surface area (Å²) < 4.78 is 0. The van der Waals surface area contributed by atoms with Crippen molar-refractivity contribution < 1.29 is 4.79 Å². The summed E-state index contributed by atoms with van der Waals surface area (Å²) >= 11 is 0. The molecule has 1 aliphatic heterocycles. The second-order valence-corrected chi connectivity index (χ2v) is 3.83. The van der Waals surface area contributed by atoms with E-state index in [2.05, 4.69) is 11.4 Å². The van der Waals surface area contributed by atoms with Crippen LogP contribution in [0.15, 0.2) is 36.0 Å². The van der Waals surface area contributed by atoms with Crippen molar-refractivity contribution in [2.45, 2.75) is 19.3 Å². The fourth-order valence-corrected chi connectivity index (χ4v) is 1.75. The van der Waals surface area contributed by atoms with Crippen LogP contribution in [-0.2, 0) is 4.79 Å². The number of carbonyl (C=O) groups is 1. The van der Waals surface area contributed by atoms with Crippen LogP contribution in [0.25, 0.3) is 6.08 Å². The molecular formula is C13H15NO. The molecule has 0 aliphatic carbocycles. The average Bonchev–Trinajstić information content (AvgIpc) is 2.44. The van der Waals surface area contributed by atoms with Gasteiger partial charge in [0.2, 0.25) is 0 Å². The Kier molecular flexibility index (Phi) is 3.18. The van der Waals surface area contributed by atoms with Gasteiger partial charge in [-0.25, -0.2) is 0 Å². The normalized spacial score (nSPS) is 19.7. The van der Waals surface area contributed by atoms with E-state index in [1.54, 1.807) is 0 Å². The van der Waals surface area contributed by atoms with Gasteiger partial charge in [-0.05, 0) is 18.1 Å². The van der Waals surface area contributed by atoms with Crippen LogP contribution < -0.4 is 5.32 Å². The second kappa shape index (κ2) is 4.78. The molecule has 0 saturated carbocycles. The number of ketones is 1. The third-order valence-corrected chi connectivity index (χ3v) is 2.51. The molecule has 0 spiro atoms. The van der Waals surface area contributed by atoms with Crippen LogP contribution in [-0.4, -0.2) is 12.3 Å². The number of carbonyl (C=O) groups excluding carboxylic acids is 1. The van der Waals surface area contributed by atoms with Crippen molar-refractivity contribution >= 4 is 11.9 Å². The maximum atomic E-state index is 11.4. The molecule has 0 unspecified atom stereocenters. The van der Waals surface area contributed by atoms with E-state index >= 15 is 0 Å². The number of hydrogen-bond acceptors (Lipinski definition) is 2. The summed E-state index contributed by atoms with van der Waals surface area (Å²) in [7, 11) is 0. The van der Waals surface area contributed by atoms with E-state index in [1.807, 2.05) is 30.3 Å². The van der Waals surface area contributed by atoms with Crippen LogP contribution in [0, 0.1) is 0 Å². The Morgan fingerprint density at radius 3 is 2.80 bits per heavy atom. The van der Waals surface area contributed by atoms with E-state index in [4.69, 9.17) is 0 Å². The third-order valence-electron chi connectivity index (χ3n) is 2.51. The zero-order valence-electron chi connectivity index (χ0n) is 8.70. The lowest BCUT2D eigenvalue weighted by atomic mass is 10.1. The molecule has 0 bridgehead atoms. The van der Waals surface area contributed by atoms with Gasteiger partial charge in [0, 0.05) is 25.1 Å². The van der Waals surface area contributed by atoms with E-state index in [9.17, 15) is 4.79 Å². The highest BCUT2D eigenvalue weighted by atomic mass is 16.1. The highest BCUT2D eigenvalue weighted by molar-refractivity contribution is 5.82. The first-order chi connectivity index (χ1) is 7.34. The topological polar surface area (TPSA) is 29.1 Å². The van der Waals surface area contributed by atoms with E-state index in [1.165, 1.54) is 0 Å². The molecule has 0 radical (unpaired) electrons. The fraction of sp³-hybridized carbons (Fsp3) is 0.308. The summed E-state index contributed by atoms with van der Waals surface area (Å²) in [6.07, 6.45) is 4.27. The molecule has 1 aliphatic rings. The number of allylic oxidation sites excluding steroid dienone is 1. The van der Waals surface area contributed by atoms with Gasteiger partial charge in [0.05, 0.1) is 0 Å². The van der Waals surface area contributed by atoms with E-state index < -0.39 is 0 Å². The fourth-order valence-electron chi connectivity index (χ4n) is 1.75. The Balaban J connectivity index is 2.15. The zero-order valence-corrected chi connectivity index (χ0v) is 8.70. The van der Waals surface area contributed by atoms with E-state index in [0.717, 1.165) is 24.2 Å². The molecule has 2 rings (SSSR count). The molecule has 0 atom stereocenters. The molecule has 1 fully saturated rings. The number of Topliss-reactive ketones (excluding diaryl/α,β-unsaturated/α-hetero) is 1. The molecule has 15 heavy (non-hydrogen) atoms. The van der Waals surface area contributed by atoms with Gasteiger partial charge in [-0.1, -0.05) is 30.3 Å². The minimum atomic E-state index is 0.335. The summed E-state index contributed by atoms with van der Waals surface area (Å²) in [5, 5.41) is 3.30. The van der Waals surface area contributed by atoms with Crippen molar-refractivity contribution in [1.29, 1.82) is 0 Å². The minimum Gasteiger partial charge on any atom is -0.388 e. The molecule has 1 N–H and O–H groups in total. The largest absolute Gasteiger partial charge is 0.388 e. The van der Waals surface area contributed by atoms with Crippen molar-refractivity contribution in [2.75, 3.05) is 6.54 Å². The molecule has 1 heterocycles. The standard InChI is InChI=1S/C13H15NO/c15-13-7-4-8-14-12(10-13)9-11-5-2-1-3-6-11/h1-3,5-6,9,14H,4,7-8,10H2. The summed E-state index contributed by atoms with van der Waals surface area (Å²) in [5.41, 5.74) is 2.19. The third kappa shape index (κ3) is 2.94. The highest BCUT2D eigenvalue weighted by Crippen LogP contribution is 2.12. The first kappa shape index (κ1) is 9.97.